The second kappa shape index (κ2) is 3.57. The Morgan fingerprint density at radius 1 is 1.77 bits per heavy atom. The molecule has 5 nitrogen and oxygen atoms in total. The number of hydrogen-bond acceptors (Lipinski definition) is 3. The maximum atomic E-state index is 11.4. The number of hydrogen-bond donors (Lipinski definition) is 3. The highest BCUT2D eigenvalue weighted by Crippen LogP contribution is 2.15. The molecule has 5 heteroatoms. The molecule has 0 aliphatic heterocycles. The van der Waals surface area contributed by atoms with Crippen LogP contribution in [0.25, 0.3) is 0 Å². The lowest BCUT2D eigenvalue weighted by molar-refractivity contribution is -0.125. The Hall–Kier alpha value is -1.36. The van der Waals surface area contributed by atoms with E-state index in [1.807, 2.05) is 0 Å². The fraction of sp³-hybridized carbons (Fsp3) is 0.500. The Bertz CT molecular complexity index is 280. The van der Waals surface area contributed by atoms with Crippen molar-refractivity contribution in [3.63, 3.8) is 0 Å². The lowest BCUT2D eigenvalue weighted by atomic mass is 9.94. The van der Waals surface area contributed by atoms with Gasteiger partial charge in [-0.1, -0.05) is 0 Å². The molecule has 0 aliphatic rings. The summed E-state index contributed by atoms with van der Waals surface area (Å²) in [6, 6.07) is 1.64. The number of rotatable bonds is 3. The van der Waals surface area contributed by atoms with Gasteiger partial charge in [0.15, 0.2) is 0 Å². The van der Waals surface area contributed by atoms with Crippen molar-refractivity contribution in [3.05, 3.63) is 12.3 Å². The summed E-state index contributed by atoms with van der Waals surface area (Å²) in [6.45, 7) is 3.14. The molecule has 0 spiro atoms. The van der Waals surface area contributed by atoms with Crippen molar-refractivity contribution < 1.29 is 9.90 Å². The van der Waals surface area contributed by atoms with Gasteiger partial charge in [0.25, 0.3) is 0 Å². The van der Waals surface area contributed by atoms with Crippen LogP contribution in [0.1, 0.15) is 13.8 Å². The highest BCUT2D eigenvalue weighted by molar-refractivity contribution is 5.93. The van der Waals surface area contributed by atoms with E-state index in [2.05, 4.69) is 15.5 Å². The van der Waals surface area contributed by atoms with Gasteiger partial charge in [-0.25, -0.2) is 0 Å². The lowest BCUT2D eigenvalue weighted by Gasteiger charge is -2.19. The average Bonchev–Trinajstić information content (AvgIpc) is 2.57. The van der Waals surface area contributed by atoms with E-state index < -0.39 is 5.41 Å². The minimum absolute atomic E-state index is 0.188. The van der Waals surface area contributed by atoms with Crippen molar-refractivity contribution in [1.82, 2.24) is 10.2 Å². The number of carbonyl (C=O) groups is 1. The average molecular weight is 183 g/mol. The van der Waals surface area contributed by atoms with Crippen LogP contribution >= 0.6 is 0 Å². The highest BCUT2D eigenvalue weighted by atomic mass is 16.3. The van der Waals surface area contributed by atoms with Crippen LogP contribution in [0.15, 0.2) is 12.3 Å². The van der Waals surface area contributed by atoms with Gasteiger partial charge >= 0.3 is 0 Å². The van der Waals surface area contributed by atoms with Crippen molar-refractivity contribution in [2.45, 2.75) is 13.8 Å². The maximum absolute atomic E-state index is 11.4. The Balaban J connectivity index is 2.61. The first-order valence-corrected chi connectivity index (χ1v) is 3.98. The molecule has 0 atom stereocenters. The van der Waals surface area contributed by atoms with Gasteiger partial charge in [0.05, 0.1) is 18.2 Å². The van der Waals surface area contributed by atoms with Gasteiger partial charge in [-0.05, 0) is 13.8 Å². The third-order valence-electron chi connectivity index (χ3n) is 1.76. The molecule has 1 heterocycles. The summed E-state index contributed by atoms with van der Waals surface area (Å²) in [7, 11) is 0. The third-order valence-corrected chi connectivity index (χ3v) is 1.76. The minimum atomic E-state index is -0.773. The van der Waals surface area contributed by atoms with Crippen molar-refractivity contribution in [2.75, 3.05) is 11.9 Å². The van der Waals surface area contributed by atoms with Gasteiger partial charge in [0.2, 0.25) is 5.91 Å². The first kappa shape index (κ1) is 9.73. The second-order valence-electron chi connectivity index (χ2n) is 3.47. The number of nitrogens with one attached hydrogen (secondary N) is 2. The van der Waals surface area contributed by atoms with E-state index in [9.17, 15) is 4.79 Å². The van der Waals surface area contributed by atoms with Crippen molar-refractivity contribution in [3.8, 4) is 0 Å². The predicted molar refractivity (Wildman–Crippen MR) is 48.1 cm³/mol. The first-order valence-electron chi connectivity index (χ1n) is 3.98. The fourth-order valence-corrected chi connectivity index (χ4v) is 0.689. The third kappa shape index (κ3) is 2.29. The van der Waals surface area contributed by atoms with Gasteiger partial charge in [0.1, 0.15) is 5.82 Å². The lowest BCUT2D eigenvalue weighted by Crippen LogP contribution is -2.33. The van der Waals surface area contributed by atoms with Crippen LogP contribution in [0.4, 0.5) is 5.82 Å². The van der Waals surface area contributed by atoms with Crippen LogP contribution in [0, 0.1) is 5.41 Å². The van der Waals surface area contributed by atoms with Crippen molar-refractivity contribution in [2.24, 2.45) is 5.41 Å². The summed E-state index contributed by atoms with van der Waals surface area (Å²) >= 11 is 0. The van der Waals surface area contributed by atoms with E-state index in [0.29, 0.717) is 5.82 Å². The van der Waals surface area contributed by atoms with E-state index in [1.165, 1.54) is 0 Å². The van der Waals surface area contributed by atoms with Gasteiger partial charge in [-0.2, -0.15) is 5.10 Å². The summed E-state index contributed by atoms with van der Waals surface area (Å²) in [5.74, 6) is 0.297. The summed E-state index contributed by atoms with van der Waals surface area (Å²) in [6.07, 6.45) is 1.54. The quantitative estimate of drug-likeness (QED) is 0.633. The summed E-state index contributed by atoms with van der Waals surface area (Å²) < 4.78 is 0. The summed E-state index contributed by atoms with van der Waals surface area (Å²) in [4.78, 5) is 11.4. The SMILES string of the molecule is CC(C)(CO)C(=O)Nc1ccn[nH]1. The molecule has 3 N–H and O–H groups in total. The van der Waals surface area contributed by atoms with E-state index >= 15 is 0 Å². The van der Waals surface area contributed by atoms with E-state index in [0.717, 1.165) is 0 Å². The van der Waals surface area contributed by atoms with E-state index in [1.54, 1.807) is 26.1 Å². The number of H-pyrrole nitrogens is 1. The van der Waals surface area contributed by atoms with Gasteiger partial charge in [-0.3, -0.25) is 9.89 Å². The molecule has 0 bridgehead atoms. The smallest absolute Gasteiger partial charge is 0.233 e. The Morgan fingerprint density at radius 3 is 2.92 bits per heavy atom. The van der Waals surface area contributed by atoms with Crippen LogP contribution in [0.5, 0.6) is 0 Å². The number of anilines is 1. The molecule has 1 rings (SSSR count). The normalized spacial score (nSPS) is 11.3. The molecule has 72 valence electrons. The molecular weight excluding hydrogens is 170 g/mol. The standard InChI is InChI=1S/C8H13N3O2/c1-8(2,5-12)7(13)10-6-3-4-9-11-6/h3-4,12H,5H2,1-2H3,(H2,9,10,11,13). The minimum Gasteiger partial charge on any atom is -0.395 e. The molecule has 0 unspecified atom stereocenters. The monoisotopic (exact) mass is 183 g/mol. The fourth-order valence-electron chi connectivity index (χ4n) is 0.689. The number of aromatic nitrogens is 2. The zero-order valence-electron chi connectivity index (χ0n) is 7.66. The molecule has 0 aromatic carbocycles. The molecule has 0 saturated heterocycles. The number of nitrogens with zero attached hydrogens (tertiary/aromatic N) is 1. The van der Waals surface area contributed by atoms with Crippen LogP contribution in [0.3, 0.4) is 0 Å². The number of aliphatic hydroxyl groups excluding tert-OH is 1. The Labute approximate surface area is 76.2 Å². The van der Waals surface area contributed by atoms with E-state index in [4.69, 9.17) is 5.11 Å². The molecule has 1 aromatic rings. The number of aliphatic hydroxyl groups is 1. The molecule has 0 aliphatic carbocycles. The van der Waals surface area contributed by atoms with Crippen LogP contribution in [0.2, 0.25) is 0 Å². The van der Waals surface area contributed by atoms with Gasteiger partial charge < -0.3 is 10.4 Å². The molecule has 0 radical (unpaired) electrons. The molecule has 13 heavy (non-hydrogen) atoms. The van der Waals surface area contributed by atoms with Crippen molar-refractivity contribution >= 4 is 11.7 Å². The molecule has 1 amide bonds. The highest BCUT2D eigenvalue weighted by Gasteiger charge is 2.26. The number of aromatic amines is 1. The van der Waals surface area contributed by atoms with Crippen molar-refractivity contribution in [1.29, 1.82) is 0 Å². The molecule has 0 fully saturated rings. The summed E-state index contributed by atoms with van der Waals surface area (Å²) in [5.41, 5.74) is -0.773. The van der Waals surface area contributed by atoms with E-state index in [-0.39, 0.29) is 12.5 Å². The van der Waals surface area contributed by atoms with Crippen LogP contribution < -0.4 is 5.32 Å². The van der Waals surface area contributed by atoms with Gasteiger partial charge in [-0.15, -0.1) is 0 Å². The van der Waals surface area contributed by atoms with Crippen LogP contribution in [-0.2, 0) is 4.79 Å². The summed E-state index contributed by atoms with van der Waals surface area (Å²) in [5, 5.41) is 17.8. The zero-order chi connectivity index (χ0) is 9.90. The topological polar surface area (TPSA) is 78.0 Å². The largest absolute Gasteiger partial charge is 0.395 e. The Morgan fingerprint density at radius 2 is 2.46 bits per heavy atom. The van der Waals surface area contributed by atoms with Crippen LogP contribution in [-0.4, -0.2) is 27.8 Å². The molecule has 1 aromatic heterocycles. The number of amides is 1. The molecule has 0 saturated carbocycles. The zero-order valence-corrected chi connectivity index (χ0v) is 7.66. The number of carbonyl (C=O) groups excluding carboxylic acids is 1. The second-order valence-corrected chi connectivity index (χ2v) is 3.47. The Kier molecular flexibility index (Phi) is 2.67. The van der Waals surface area contributed by atoms with Gasteiger partial charge in [0, 0.05) is 6.07 Å². The molecular formula is C8H13N3O2. The predicted octanol–water partition coefficient (Wildman–Crippen LogP) is 0.367. The maximum Gasteiger partial charge on any atom is 0.233 e. The first-order chi connectivity index (χ1) is 6.06.